The van der Waals surface area contributed by atoms with Crippen LogP contribution in [0.5, 0.6) is 0 Å². The van der Waals surface area contributed by atoms with E-state index in [9.17, 15) is 9.59 Å². The zero-order valence-electron chi connectivity index (χ0n) is 15.0. The summed E-state index contributed by atoms with van der Waals surface area (Å²) in [5.74, 6) is 0.308. The van der Waals surface area contributed by atoms with E-state index < -0.39 is 5.54 Å². The van der Waals surface area contributed by atoms with E-state index >= 15 is 0 Å². The van der Waals surface area contributed by atoms with E-state index in [4.69, 9.17) is 5.73 Å². The SMILES string of the molecule is Cl.Cl.NC1(C(=O)N2CCN(C(=O)CN3CCCC3)CC2)CCCCC1. The molecule has 1 aliphatic carbocycles. The fraction of sp³-hybridized carbons (Fsp3) is 0.882. The summed E-state index contributed by atoms with van der Waals surface area (Å²) in [5, 5.41) is 0. The van der Waals surface area contributed by atoms with Crippen LogP contribution in [0.2, 0.25) is 0 Å². The summed E-state index contributed by atoms with van der Waals surface area (Å²) >= 11 is 0. The van der Waals surface area contributed by atoms with E-state index in [-0.39, 0.29) is 36.6 Å². The van der Waals surface area contributed by atoms with Crippen molar-refractivity contribution in [1.29, 1.82) is 0 Å². The normalized spacial score (nSPS) is 23.6. The topological polar surface area (TPSA) is 69.9 Å². The molecule has 0 aromatic heterocycles. The van der Waals surface area contributed by atoms with Gasteiger partial charge in [0.15, 0.2) is 0 Å². The lowest BCUT2D eigenvalue weighted by Crippen LogP contribution is -2.61. The minimum atomic E-state index is -0.653. The molecular formula is C17H32Cl2N4O2. The molecule has 3 aliphatic rings. The summed E-state index contributed by atoms with van der Waals surface area (Å²) in [4.78, 5) is 31.1. The van der Waals surface area contributed by atoms with Crippen LogP contribution in [0.1, 0.15) is 44.9 Å². The van der Waals surface area contributed by atoms with E-state index in [2.05, 4.69) is 4.90 Å². The first-order valence-electron chi connectivity index (χ1n) is 9.17. The molecule has 0 aromatic rings. The van der Waals surface area contributed by atoms with Gasteiger partial charge < -0.3 is 15.5 Å². The highest BCUT2D eigenvalue weighted by molar-refractivity contribution is 5.87. The van der Waals surface area contributed by atoms with E-state index in [1.165, 1.54) is 19.3 Å². The van der Waals surface area contributed by atoms with Gasteiger partial charge in [-0.1, -0.05) is 19.3 Å². The molecule has 6 nitrogen and oxygen atoms in total. The third-order valence-electron chi connectivity index (χ3n) is 5.65. The van der Waals surface area contributed by atoms with Crippen LogP contribution in [0.4, 0.5) is 0 Å². The highest BCUT2D eigenvalue weighted by atomic mass is 35.5. The standard InChI is InChI=1S/C17H30N4O2.2ClH/c18-17(6-2-1-3-7-17)16(23)21-12-10-20(11-13-21)15(22)14-19-8-4-5-9-19;;/h1-14,18H2;2*1H. The molecule has 2 aliphatic heterocycles. The second-order valence-electron chi connectivity index (χ2n) is 7.37. The minimum absolute atomic E-state index is 0. The van der Waals surface area contributed by atoms with Gasteiger partial charge in [-0.05, 0) is 38.8 Å². The lowest BCUT2D eigenvalue weighted by Gasteiger charge is -2.41. The zero-order chi connectivity index (χ0) is 16.3. The summed E-state index contributed by atoms with van der Waals surface area (Å²) in [7, 11) is 0. The Labute approximate surface area is 163 Å². The van der Waals surface area contributed by atoms with Crippen molar-refractivity contribution in [3.05, 3.63) is 0 Å². The van der Waals surface area contributed by atoms with Gasteiger partial charge in [-0.3, -0.25) is 14.5 Å². The molecular weight excluding hydrogens is 363 g/mol. The average molecular weight is 395 g/mol. The van der Waals surface area contributed by atoms with Crippen molar-refractivity contribution in [2.45, 2.75) is 50.5 Å². The summed E-state index contributed by atoms with van der Waals surface area (Å²) in [6, 6.07) is 0. The third-order valence-corrected chi connectivity index (χ3v) is 5.65. The van der Waals surface area contributed by atoms with Crippen LogP contribution in [0.15, 0.2) is 0 Å². The Balaban J connectivity index is 0.00000156. The fourth-order valence-corrected chi connectivity index (χ4v) is 4.10. The Hall–Kier alpha value is -0.560. The summed E-state index contributed by atoms with van der Waals surface area (Å²) < 4.78 is 0. The van der Waals surface area contributed by atoms with Crippen molar-refractivity contribution < 1.29 is 9.59 Å². The van der Waals surface area contributed by atoms with Gasteiger partial charge in [0.25, 0.3) is 0 Å². The van der Waals surface area contributed by atoms with E-state index in [0.29, 0.717) is 32.7 Å². The second-order valence-corrected chi connectivity index (χ2v) is 7.37. The van der Waals surface area contributed by atoms with Crippen molar-refractivity contribution in [2.75, 3.05) is 45.8 Å². The molecule has 0 aromatic carbocycles. The predicted molar refractivity (Wildman–Crippen MR) is 103 cm³/mol. The molecule has 0 bridgehead atoms. The smallest absolute Gasteiger partial charge is 0.242 e. The Morgan fingerprint density at radius 3 is 1.84 bits per heavy atom. The number of rotatable bonds is 3. The quantitative estimate of drug-likeness (QED) is 0.781. The van der Waals surface area contributed by atoms with Gasteiger partial charge in [0.2, 0.25) is 11.8 Å². The Kier molecular flexibility index (Phi) is 8.95. The summed E-state index contributed by atoms with van der Waals surface area (Å²) in [6.07, 6.45) is 7.31. The summed E-state index contributed by atoms with van der Waals surface area (Å²) in [5.41, 5.74) is 5.71. The molecule has 2 heterocycles. The molecule has 146 valence electrons. The van der Waals surface area contributed by atoms with Crippen molar-refractivity contribution in [3.8, 4) is 0 Å². The van der Waals surface area contributed by atoms with Crippen LogP contribution in [0, 0.1) is 0 Å². The largest absolute Gasteiger partial charge is 0.338 e. The van der Waals surface area contributed by atoms with Crippen LogP contribution in [-0.4, -0.2) is 77.9 Å². The highest BCUT2D eigenvalue weighted by Gasteiger charge is 2.39. The van der Waals surface area contributed by atoms with Gasteiger partial charge in [0, 0.05) is 26.2 Å². The maximum absolute atomic E-state index is 12.7. The maximum Gasteiger partial charge on any atom is 0.242 e. The minimum Gasteiger partial charge on any atom is -0.338 e. The Morgan fingerprint density at radius 1 is 0.760 bits per heavy atom. The van der Waals surface area contributed by atoms with Crippen LogP contribution in [0.3, 0.4) is 0 Å². The number of nitrogens with zero attached hydrogens (tertiary/aromatic N) is 3. The molecule has 0 spiro atoms. The molecule has 0 unspecified atom stereocenters. The zero-order valence-corrected chi connectivity index (χ0v) is 16.6. The first kappa shape index (κ1) is 22.5. The molecule has 2 amide bonds. The van der Waals surface area contributed by atoms with Crippen molar-refractivity contribution >= 4 is 36.6 Å². The number of hydrogen-bond acceptors (Lipinski definition) is 4. The van der Waals surface area contributed by atoms with Gasteiger partial charge in [0.05, 0.1) is 12.1 Å². The molecule has 0 atom stereocenters. The van der Waals surface area contributed by atoms with Crippen LogP contribution < -0.4 is 5.73 Å². The first-order valence-corrected chi connectivity index (χ1v) is 9.17. The first-order chi connectivity index (χ1) is 11.1. The molecule has 8 heteroatoms. The number of amides is 2. The molecule has 3 fully saturated rings. The highest BCUT2D eigenvalue weighted by Crippen LogP contribution is 2.28. The maximum atomic E-state index is 12.7. The van der Waals surface area contributed by atoms with Crippen molar-refractivity contribution in [3.63, 3.8) is 0 Å². The van der Waals surface area contributed by atoms with Gasteiger partial charge in [-0.2, -0.15) is 0 Å². The number of nitrogens with two attached hydrogens (primary N) is 1. The molecule has 0 radical (unpaired) electrons. The molecule has 2 N–H and O–H groups in total. The Morgan fingerprint density at radius 2 is 1.28 bits per heavy atom. The number of carbonyl (C=O) groups is 2. The van der Waals surface area contributed by atoms with Crippen molar-refractivity contribution in [1.82, 2.24) is 14.7 Å². The lowest BCUT2D eigenvalue weighted by atomic mass is 9.81. The summed E-state index contributed by atoms with van der Waals surface area (Å²) in [6.45, 7) is 5.17. The lowest BCUT2D eigenvalue weighted by molar-refractivity contribution is -0.144. The van der Waals surface area contributed by atoms with Crippen LogP contribution in [0.25, 0.3) is 0 Å². The van der Waals surface area contributed by atoms with Crippen LogP contribution in [-0.2, 0) is 9.59 Å². The molecule has 2 saturated heterocycles. The van der Waals surface area contributed by atoms with E-state index in [1.807, 2.05) is 9.80 Å². The third kappa shape index (κ3) is 5.46. The molecule has 25 heavy (non-hydrogen) atoms. The van der Waals surface area contributed by atoms with E-state index in [0.717, 1.165) is 38.8 Å². The van der Waals surface area contributed by atoms with Gasteiger partial charge in [-0.25, -0.2) is 0 Å². The number of carbonyl (C=O) groups excluding carboxylic acids is 2. The van der Waals surface area contributed by atoms with Crippen LogP contribution >= 0.6 is 24.8 Å². The van der Waals surface area contributed by atoms with Gasteiger partial charge in [0.1, 0.15) is 0 Å². The van der Waals surface area contributed by atoms with Gasteiger partial charge in [-0.15, -0.1) is 24.8 Å². The predicted octanol–water partition coefficient (Wildman–Crippen LogP) is 1.26. The fourth-order valence-electron chi connectivity index (χ4n) is 4.10. The van der Waals surface area contributed by atoms with Crippen molar-refractivity contribution in [2.24, 2.45) is 5.73 Å². The molecule has 3 rings (SSSR count). The van der Waals surface area contributed by atoms with E-state index in [1.54, 1.807) is 0 Å². The second kappa shape index (κ2) is 9.95. The van der Waals surface area contributed by atoms with Gasteiger partial charge >= 0.3 is 0 Å². The average Bonchev–Trinajstić information content (AvgIpc) is 3.08. The number of hydrogen-bond donors (Lipinski definition) is 1. The monoisotopic (exact) mass is 394 g/mol. The Bertz CT molecular complexity index is 444. The number of likely N-dealkylation sites (tertiary alicyclic amines) is 1. The number of halogens is 2. The number of piperazine rings is 1. The molecule has 1 saturated carbocycles.